The Labute approximate surface area is 160 Å². The van der Waals surface area contributed by atoms with Gasteiger partial charge in [0.1, 0.15) is 17.1 Å². The first-order chi connectivity index (χ1) is 13.4. The zero-order valence-corrected chi connectivity index (χ0v) is 15.4. The van der Waals surface area contributed by atoms with Gasteiger partial charge in [0, 0.05) is 5.56 Å². The number of rotatable bonds is 8. The van der Waals surface area contributed by atoms with Crippen molar-refractivity contribution in [2.75, 3.05) is 14.2 Å². The van der Waals surface area contributed by atoms with Crippen LogP contribution in [0.25, 0.3) is 0 Å². The van der Waals surface area contributed by atoms with Gasteiger partial charge in [-0.25, -0.2) is 14.6 Å². The third-order valence-corrected chi connectivity index (χ3v) is 3.67. The van der Waals surface area contributed by atoms with Crippen molar-refractivity contribution in [3.63, 3.8) is 0 Å². The van der Waals surface area contributed by atoms with Gasteiger partial charge in [0.15, 0.2) is 17.6 Å². The minimum absolute atomic E-state index is 0.0401. The van der Waals surface area contributed by atoms with Crippen molar-refractivity contribution >= 4 is 18.1 Å². The van der Waals surface area contributed by atoms with Crippen molar-refractivity contribution in [3.05, 3.63) is 53.3 Å². The first kappa shape index (κ1) is 20.7. The number of benzene rings is 2. The van der Waals surface area contributed by atoms with E-state index in [1.165, 1.54) is 63.8 Å². The van der Waals surface area contributed by atoms with Crippen LogP contribution in [-0.2, 0) is 4.79 Å². The van der Waals surface area contributed by atoms with Crippen LogP contribution in [0.15, 0.2) is 41.5 Å². The van der Waals surface area contributed by atoms with Crippen LogP contribution in [0.1, 0.15) is 22.8 Å². The average molecular weight is 390 g/mol. The summed E-state index contributed by atoms with van der Waals surface area (Å²) in [5.41, 5.74) is 2.31. The average Bonchev–Trinajstić information content (AvgIpc) is 2.68. The third-order valence-electron chi connectivity index (χ3n) is 3.67. The Hall–Kier alpha value is -3.62. The Morgan fingerprint density at radius 1 is 1.14 bits per heavy atom. The van der Waals surface area contributed by atoms with E-state index < -0.39 is 23.8 Å². The number of nitrogens with zero attached hydrogens (tertiary/aromatic N) is 1. The molecule has 0 fully saturated rings. The van der Waals surface area contributed by atoms with Crippen LogP contribution in [-0.4, -0.2) is 43.5 Å². The molecule has 0 spiro atoms. The third kappa shape index (κ3) is 4.97. The molecule has 2 aromatic rings. The van der Waals surface area contributed by atoms with Crippen molar-refractivity contribution in [2.24, 2.45) is 5.10 Å². The molecule has 28 heavy (non-hydrogen) atoms. The molecule has 2 N–H and O–H groups in total. The topological polar surface area (TPSA) is 106 Å². The molecule has 0 aromatic heterocycles. The van der Waals surface area contributed by atoms with Gasteiger partial charge in [-0.1, -0.05) is 0 Å². The van der Waals surface area contributed by atoms with Crippen molar-refractivity contribution < 1.29 is 33.3 Å². The molecule has 2 rings (SSSR count). The maximum Gasteiger partial charge on any atom is 0.340 e. The Bertz CT molecular complexity index is 883. The molecule has 1 amide bonds. The fourth-order valence-corrected chi connectivity index (χ4v) is 2.30. The SMILES string of the molecule is COc1ccc(/C=N\NC(=O)[C@H](C)Oc2ccc(F)cc2)c(C(=O)O)c1OC. The summed E-state index contributed by atoms with van der Waals surface area (Å²) in [7, 11) is 2.71. The normalized spacial score (nSPS) is 11.7. The molecular weight excluding hydrogens is 371 g/mol. The Balaban J connectivity index is 2.10. The Morgan fingerprint density at radius 3 is 2.39 bits per heavy atom. The van der Waals surface area contributed by atoms with Crippen LogP contribution in [0.2, 0.25) is 0 Å². The van der Waals surface area contributed by atoms with E-state index in [4.69, 9.17) is 14.2 Å². The maximum atomic E-state index is 12.9. The first-order valence-corrected chi connectivity index (χ1v) is 8.10. The molecule has 0 bridgehead atoms. The molecular formula is C19H19FN2O6. The van der Waals surface area contributed by atoms with E-state index in [2.05, 4.69) is 10.5 Å². The number of hydrazone groups is 1. The fourth-order valence-electron chi connectivity index (χ4n) is 2.30. The molecule has 1 atom stereocenters. The molecule has 0 saturated carbocycles. The maximum absolute atomic E-state index is 12.9. The standard InChI is InChI=1S/C19H19FN2O6/c1-11(28-14-7-5-13(20)6-8-14)18(23)22-21-10-12-4-9-15(26-2)17(27-3)16(12)19(24)25/h4-11H,1-3H3,(H,22,23)(H,24,25)/b21-10-/t11-/m0/s1. The summed E-state index contributed by atoms with van der Waals surface area (Å²) in [5, 5.41) is 13.2. The summed E-state index contributed by atoms with van der Waals surface area (Å²) < 4.78 is 28.5. The molecule has 0 aliphatic rings. The van der Waals surface area contributed by atoms with Crippen LogP contribution in [0.4, 0.5) is 4.39 Å². The smallest absolute Gasteiger partial charge is 0.340 e. The number of carbonyl (C=O) groups is 2. The number of amides is 1. The van der Waals surface area contributed by atoms with E-state index in [-0.39, 0.29) is 22.6 Å². The molecule has 0 radical (unpaired) electrons. The molecule has 0 aliphatic carbocycles. The number of hydrogen-bond donors (Lipinski definition) is 2. The van der Waals surface area contributed by atoms with Gasteiger partial charge >= 0.3 is 5.97 Å². The molecule has 0 aliphatic heterocycles. The lowest BCUT2D eigenvalue weighted by molar-refractivity contribution is -0.127. The van der Waals surface area contributed by atoms with Crippen molar-refractivity contribution in [1.82, 2.24) is 5.43 Å². The highest BCUT2D eigenvalue weighted by molar-refractivity contribution is 6.02. The zero-order valence-electron chi connectivity index (χ0n) is 15.4. The number of aromatic carboxylic acids is 1. The summed E-state index contributed by atoms with van der Waals surface area (Å²) in [5.74, 6) is -1.62. The summed E-state index contributed by atoms with van der Waals surface area (Å²) >= 11 is 0. The molecule has 8 nitrogen and oxygen atoms in total. The lowest BCUT2D eigenvalue weighted by Gasteiger charge is -2.13. The largest absolute Gasteiger partial charge is 0.493 e. The number of carboxylic acids is 1. The summed E-state index contributed by atoms with van der Waals surface area (Å²) in [4.78, 5) is 23.6. The minimum atomic E-state index is -1.24. The van der Waals surface area contributed by atoms with Gasteiger partial charge in [-0.05, 0) is 43.3 Å². The zero-order chi connectivity index (χ0) is 20.7. The predicted molar refractivity (Wildman–Crippen MR) is 98.7 cm³/mol. The number of ether oxygens (including phenoxy) is 3. The second-order valence-electron chi connectivity index (χ2n) is 5.52. The van der Waals surface area contributed by atoms with Crippen LogP contribution in [0.5, 0.6) is 17.2 Å². The number of hydrogen-bond acceptors (Lipinski definition) is 6. The van der Waals surface area contributed by atoms with Gasteiger partial charge in [-0.15, -0.1) is 0 Å². The molecule has 148 valence electrons. The molecule has 0 saturated heterocycles. The van der Waals surface area contributed by atoms with Crippen molar-refractivity contribution in [2.45, 2.75) is 13.0 Å². The van der Waals surface area contributed by atoms with Crippen LogP contribution in [0.3, 0.4) is 0 Å². The number of carboxylic acid groups (broad SMARTS) is 1. The second-order valence-corrected chi connectivity index (χ2v) is 5.52. The lowest BCUT2D eigenvalue weighted by atomic mass is 10.1. The highest BCUT2D eigenvalue weighted by Gasteiger charge is 2.20. The van der Waals surface area contributed by atoms with E-state index in [0.717, 1.165) is 0 Å². The molecule has 0 unspecified atom stereocenters. The molecule has 0 heterocycles. The molecule has 2 aromatic carbocycles. The van der Waals surface area contributed by atoms with Crippen LogP contribution >= 0.6 is 0 Å². The van der Waals surface area contributed by atoms with E-state index >= 15 is 0 Å². The Morgan fingerprint density at radius 2 is 1.82 bits per heavy atom. The van der Waals surface area contributed by atoms with Gasteiger partial charge in [0.05, 0.1) is 20.4 Å². The first-order valence-electron chi connectivity index (χ1n) is 8.10. The summed E-state index contributed by atoms with van der Waals surface area (Å²) in [6.07, 6.45) is 0.264. The van der Waals surface area contributed by atoms with E-state index in [9.17, 15) is 19.1 Å². The van der Waals surface area contributed by atoms with Crippen LogP contribution < -0.4 is 19.6 Å². The molecule has 9 heteroatoms. The van der Waals surface area contributed by atoms with Gasteiger partial charge in [0.25, 0.3) is 5.91 Å². The lowest BCUT2D eigenvalue weighted by Crippen LogP contribution is -2.33. The van der Waals surface area contributed by atoms with Crippen LogP contribution in [0, 0.1) is 5.82 Å². The van der Waals surface area contributed by atoms with Gasteiger partial charge in [-0.2, -0.15) is 5.10 Å². The number of nitrogens with one attached hydrogen (secondary N) is 1. The number of carbonyl (C=O) groups excluding carboxylic acids is 1. The predicted octanol–water partition coefficient (Wildman–Crippen LogP) is 2.46. The van der Waals surface area contributed by atoms with Crippen molar-refractivity contribution in [1.29, 1.82) is 0 Å². The summed E-state index contributed by atoms with van der Waals surface area (Å²) in [6.45, 7) is 1.49. The minimum Gasteiger partial charge on any atom is -0.493 e. The monoisotopic (exact) mass is 390 g/mol. The van der Waals surface area contributed by atoms with Gasteiger partial charge in [0.2, 0.25) is 0 Å². The van der Waals surface area contributed by atoms with Gasteiger partial charge < -0.3 is 19.3 Å². The second kappa shape index (κ2) is 9.36. The quantitative estimate of drug-likeness (QED) is 0.530. The van der Waals surface area contributed by atoms with E-state index in [1.807, 2.05) is 0 Å². The number of halogens is 1. The number of methoxy groups -OCH3 is 2. The van der Waals surface area contributed by atoms with E-state index in [0.29, 0.717) is 5.75 Å². The highest BCUT2D eigenvalue weighted by Crippen LogP contribution is 2.32. The van der Waals surface area contributed by atoms with Gasteiger partial charge in [-0.3, -0.25) is 4.79 Å². The Kier molecular flexibility index (Phi) is 6.91. The highest BCUT2D eigenvalue weighted by atomic mass is 19.1. The van der Waals surface area contributed by atoms with E-state index in [1.54, 1.807) is 0 Å². The summed E-state index contributed by atoms with van der Waals surface area (Å²) in [6, 6.07) is 8.20. The van der Waals surface area contributed by atoms with Crippen molar-refractivity contribution in [3.8, 4) is 17.2 Å². The fraction of sp³-hybridized carbons (Fsp3) is 0.211.